The van der Waals surface area contributed by atoms with Gasteiger partial charge in [0.15, 0.2) is 0 Å². The highest BCUT2D eigenvalue weighted by molar-refractivity contribution is 7.85. The average Bonchev–Trinajstić information content (AvgIpc) is 3.69. The maximum absolute atomic E-state index is 14.0. The zero-order valence-electron chi connectivity index (χ0n) is 24.5. The number of hydrogen-bond donors (Lipinski definition) is 1. The third-order valence-corrected chi connectivity index (χ3v) is 10.4. The van der Waals surface area contributed by atoms with E-state index in [2.05, 4.69) is 12.1 Å². The lowest BCUT2D eigenvalue weighted by Crippen LogP contribution is -2.21. The van der Waals surface area contributed by atoms with Crippen molar-refractivity contribution in [3.05, 3.63) is 112 Å². The number of benzene rings is 3. The molecule has 1 saturated carbocycles. The minimum Gasteiger partial charge on any atom is -0.386 e. The Hall–Kier alpha value is -3.12. The Bertz CT molecular complexity index is 1650. The van der Waals surface area contributed by atoms with Gasteiger partial charge < -0.3 is 9.90 Å². The zero-order valence-corrected chi connectivity index (χ0v) is 26.0. The van der Waals surface area contributed by atoms with Crippen molar-refractivity contribution in [2.45, 2.75) is 63.7 Å². The molecule has 1 fully saturated rings. The first kappa shape index (κ1) is 30.3. The predicted octanol–water partition coefficient (Wildman–Crippen LogP) is 8.47. The van der Waals surface area contributed by atoms with Gasteiger partial charge in [-0.3, -0.25) is 4.21 Å². The SMILES string of the molecule is CC(=O)CC1(CS(=O)[C@H](CCc2ccccc2C(C)(C)O)c2cccc(/C=C/c3ccc4ccc(Cl)cc4n3)c2)CC1. The molecule has 4 aromatic rings. The number of rotatable bonds is 12. The molecule has 0 aliphatic heterocycles. The normalized spacial score (nSPS) is 16.0. The van der Waals surface area contributed by atoms with Crippen LogP contribution in [0.25, 0.3) is 23.1 Å². The van der Waals surface area contributed by atoms with Crippen LogP contribution in [0.15, 0.2) is 78.9 Å². The third kappa shape index (κ3) is 7.63. The maximum atomic E-state index is 14.0. The molecular formula is C36H38ClNO3S. The number of pyridine rings is 1. The van der Waals surface area contributed by atoms with E-state index >= 15 is 0 Å². The Balaban J connectivity index is 1.41. The highest BCUT2D eigenvalue weighted by Gasteiger charge is 2.45. The van der Waals surface area contributed by atoms with Gasteiger partial charge in [-0.25, -0.2) is 4.98 Å². The summed E-state index contributed by atoms with van der Waals surface area (Å²) in [6, 6.07) is 25.9. The minimum absolute atomic E-state index is 0.123. The second-order valence-corrected chi connectivity index (χ2v) is 14.3. The van der Waals surface area contributed by atoms with E-state index in [4.69, 9.17) is 16.6 Å². The monoisotopic (exact) mass is 599 g/mol. The molecule has 5 rings (SSSR count). The van der Waals surface area contributed by atoms with Crippen molar-refractivity contribution >= 4 is 51.2 Å². The van der Waals surface area contributed by atoms with Crippen molar-refractivity contribution < 1.29 is 14.1 Å². The number of carbonyl (C=O) groups excluding carboxylic acids is 1. The predicted molar refractivity (Wildman–Crippen MR) is 175 cm³/mol. The fourth-order valence-electron chi connectivity index (χ4n) is 5.79. The summed E-state index contributed by atoms with van der Waals surface area (Å²) in [7, 11) is -1.16. The Morgan fingerprint density at radius 1 is 1.05 bits per heavy atom. The number of nitrogens with zero attached hydrogens (tertiary/aromatic N) is 1. The first-order valence-corrected chi connectivity index (χ1v) is 16.3. The molecule has 42 heavy (non-hydrogen) atoms. The van der Waals surface area contributed by atoms with Crippen LogP contribution in [-0.2, 0) is 27.6 Å². The van der Waals surface area contributed by atoms with Gasteiger partial charge in [-0.2, -0.15) is 0 Å². The van der Waals surface area contributed by atoms with Gasteiger partial charge in [0, 0.05) is 33.4 Å². The van der Waals surface area contributed by atoms with Crippen LogP contribution in [0.1, 0.15) is 79.7 Å². The molecule has 1 N–H and O–H groups in total. The van der Waals surface area contributed by atoms with E-state index in [0.29, 0.717) is 30.0 Å². The lowest BCUT2D eigenvalue weighted by molar-refractivity contribution is -0.118. The molecule has 0 spiro atoms. The number of ketones is 1. The summed E-state index contributed by atoms with van der Waals surface area (Å²) in [6.07, 6.45) is 7.80. The van der Waals surface area contributed by atoms with Crippen molar-refractivity contribution in [2.75, 3.05) is 5.75 Å². The summed E-state index contributed by atoms with van der Waals surface area (Å²) in [5.41, 5.74) is 4.58. The zero-order chi connectivity index (χ0) is 29.9. The topological polar surface area (TPSA) is 67.3 Å². The second-order valence-electron chi connectivity index (χ2n) is 12.2. The molecule has 1 unspecified atom stereocenters. The smallest absolute Gasteiger partial charge is 0.130 e. The van der Waals surface area contributed by atoms with Crippen LogP contribution in [0, 0.1) is 5.41 Å². The molecule has 0 radical (unpaired) electrons. The van der Waals surface area contributed by atoms with Crippen molar-refractivity contribution in [1.29, 1.82) is 0 Å². The molecule has 6 heteroatoms. The van der Waals surface area contributed by atoms with Gasteiger partial charge in [0.1, 0.15) is 5.78 Å². The molecule has 2 atom stereocenters. The number of fused-ring (bicyclic) bond motifs is 1. The number of aromatic nitrogens is 1. The van der Waals surface area contributed by atoms with Crippen molar-refractivity contribution in [1.82, 2.24) is 4.98 Å². The largest absolute Gasteiger partial charge is 0.386 e. The molecule has 0 bridgehead atoms. The Kier molecular flexibility index (Phi) is 9.12. The van der Waals surface area contributed by atoms with Crippen LogP contribution in [0.4, 0.5) is 0 Å². The number of aliphatic hydroxyl groups is 1. The average molecular weight is 600 g/mol. The standard InChI is InChI=1S/C36H38ClNO3S/c1-25(39)23-36(19-20-36)24-42(41)34(18-14-27-8-4-5-10-32(27)35(2,3)40)29-9-6-7-26(21-29)11-16-31-17-13-28-12-15-30(37)22-33(28)38-31/h4-13,15-17,21-22,34,40H,14,18-20,23-24H2,1-3H3/b16-11+/t34-,42?/m1/s1. The first-order valence-electron chi connectivity index (χ1n) is 14.5. The van der Waals surface area contributed by atoms with Crippen LogP contribution in [0.3, 0.4) is 0 Å². The van der Waals surface area contributed by atoms with Crippen molar-refractivity contribution in [3.8, 4) is 0 Å². The maximum Gasteiger partial charge on any atom is 0.130 e. The van der Waals surface area contributed by atoms with E-state index in [1.54, 1.807) is 20.8 Å². The highest BCUT2D eigenvalue weighted by atomic mass is 35.5. The van der Waals surface area contributed by atoms with Gasteiger partial charge in [0.25, 0.3) is 0 Å². The van der Waals surface area contributed by atoms with Crippen LogP contribution in [0.2, 0.25) is 5.02 Å². The molecule has 1 heterocycles. The van der Waals surface area contributed by atoms with Crippen molar-refractivity contribution in [3.63, 3.8) is 0 Å². The quantitative estimate of drug-likeness (QED) is 0.177. The molecule has 218 valence electrons. The summed E-state index contributed by atoms with van der Waals surface area (Å²) in [5.74, 6) is 0.699. The van der Waals surface area contributed by atoms with Crippen LogP contribution < -0.4 is 0 Å². The van der Waals surface area contributed by atoms with Gasteiger partial charge in [-0.15, -0.1) is 0 Å². The van der Waals surface area contributed by atoms with Gasteiger partial charge in [0.2, 0.25) is 0 Å². The van der Waals surface area contributed by atoms with E-state index in [1.807, 2.05) is 78.9 Å². The third-order valence-electron chi connectivity index (χ3n) is 8.10. The first-order chi connectivity index (χ1) is 20.0. The summed E-state index contributed by atoms with van der Waals surface area (Å²) >= 11 is 6.17. The summed E-state index contributed by atoms with van der Waals surface area (Å²) < 4.78 is 14.0. The summed E-state index contributed by atoms with van der Waals surface area (Å²) in [4.78, 5) is 16.7. The summed E-state index contributed by atoms with van der Waals surface area (Å²) in [6.45, 7) is 5.23. The molecule has 0 saturated heterocycles. The lowest BCUT2D eigenvalue weighted by atomic mass is 9.90. The van der Waals surface area contributed by atoms with E-state index < -0.39 is 16.4 Å². The number of Topliss-reactive ketones (excluding diaryl/α,β-unsaturated/α-hetero) is 1. The second kappa shape index (κ2) is 12.6. The Labute approximate surface area is 256 Å². The molecule has 1 aromatic heterocycles. The van der Waals surface area contributed by atoms with E-state index in [1.165, 1.54) is 0 Å². The summed E-state index contributed by atoms with van der Waals surface area (Å²) in [5, 5.41) is 12.3. The van der Waals surface area contributed by atoms with Crippen LogP contribution >= 0.6 is 11.6 Å². The fraction of sp³-hybridized carbons (Fsp3) is 0.333. The van der Waals surface area contributed by atoms with Gasteiger partial charge in [0.05, 0.1) is 22.1 Å². The van der Waals surface area contributed by atoms with Gasteiger partial charge >= 0.3 is 0 Å². The van der Waals surface area contributed by atoms with Gasteiger partial charge in [-0.05, 0) is 98.4 Å². The van der Waals surface area contributed by atoms with E-state index in [9.17, 15) is 14.1 Å². The molecule has 0 amide bonds. The van der Waals surface area contributed by atoms with E-state index in [0.717, 1.165) is 51.7 Å². The minimum atomic E-state index is -1.16. The number of halogens is 1. The van der Waals surface area contributed by atoms with Crippen molar-refractivity contribution in [2.24, 2.45) is 5.41 Å². The molecule has 1 aliphatic carbocycles. The van der Waals surface area contributed by atoms with E-state index in [-0.39, 0.29) is 16.4 Å². The number of aryl methyl sites for hydroxylation is 1. The highest BCUT2D eigenvalue weighted by Crippen LogP contribution is 2.51. The van der Waals surface area contributed by atoms with Gasteiger partial charge in [-0.1, -0.05) is 78.3 Å². The number of hydrogen-bond acceptors (Lipinski definition) is 4. The van der Waals surface area contributed by atoms with Crippen LogP contribution in [0.5, 0.6) is 0 Å². The number of carbonyl (C=O) groups is 1. The van der Waals surface area contributed by atoms with Crippen LogP contribution in [-0.4, -0.2) is 25.8 Å². The molecule has 3 aromatic carbocycles. The Morgan fingerprint density at radius 2 is 1.81 bits per heavy atom. The molecular weight excluding hydrogens is 562 g/mol. The lowest BCUT2D eigenvalue weighted by Gasteiger charge is -2.24. The fourth-order valence-corrected chi connectivity index (χ4v) is 7.99. The molecule has 4 nitrogen and oxygen atoms in total. The molecule has 1 aliphatic rings. The Morgan fingerprint density at radius 3 is 2.55 bits per heavy atom.